The van der Waals surface area contributed by atoms with Gasteiger partial charge in [0, 0.05) is 0 Å². The van der Waals surface area contributed by atoms with Crippen LogP contribution in [0.15, 0.2) is 0 Å². The summed E-state index contributed by atoms with van der Waals surface area (Å²) < 4.78 is 0. The van der Waals surface area contributed by atoms with Crippen molar-refractivity contribution < 1.29 is 10.2 Å². The highest BCUT2D eigenvalue weighted by molar-refractivity contribution is 4.79. The van der Waals surface area contributed by atoms with E-state index in [4.69, 9.17) is 10.2 Å². The van der Waals surface area contributed by atoms with E-state index >= 15 is 0 Å². The van der Waals surface area contributed by atoms with Gasteiger partial charge in [-0.05, 0) is 43.9 Å². The van der Waals surface area contributed by atoms with Crippen molar-refractivity contribution in [2.45, 2.75) is 117 Å². The van der Waals surface area contributed by atoms with E-state index in [2.05, 4.69) is 20.8 Å². The summed E-state index contributed by atoms with van der Waals surface area (Å²) >= 11 is 0. The van der Waals surface area contributed by atoms with Crippen LogP contribution < -0.4 is 0 Å². The van der Waals surface area contributed by atoms with Crippen LogP contribution in [-0.4, -0.2) is 16.5 Å². The van der Waals surface area contributed by atoms with Gasteiger partial charge >= 0.3 is 0 Å². The summed E-state index contributed by atoms with van der Waals surface area (Å²) in [5.74, 6) is 0. The normalized spacial score (nSPS) is 12.3. The number of aliphatic hydroxyl groups is 2. The van der Waals surface area contributed by atoms with Crippen LogP contribution in [0.2, 0.25) is 0 Å². The van der Waals surface area contributed by atoms with Crippen LogP contribution in [0.4, 0.5) is 0 Å². The summed E-state index contributed by atoms with van der Waals surface area (Å²) in [5.41, 5.74) is 0.569. The van der Waals surface area contributed by atoms with Gasteiger partial charge in [0.25, 0.3) is 0 Å². The zero-order valence-corrected chi connectivity index (χ0v) is 14.9. The van der Waals surface area contributed by atoms with E-state index in [0.29, 0.717) is 11.8 Å². The number of hydrogen-bond acceptors (Lipinski definition) is 2. The summed E-state index contributed by atoms with van der Waals surface area (Å²) in [7, 11) is 0. The maximum absolute atomic E-state index is 8.92. The highest BCUT2D eigenvalue weighted by atomic mass is 16.5. The smallest absolute Gasteiger partial charge is 0.151 e. The van der Waals surface area contributed by atoms with Gasteiger partial charge in [-0.3, -0.25) is 0 Å². The molecule has 0 radical (unpaired) electrons. The predicted molar refractivity (Wildman–Crippen MR) is 92.3 cm³/mol. The Labute approximate surface area is 133 Å². The molecule has 0 aromatic rings. The van der Waals surface area contributed by atoms with Gasteiger partial charge in [0.05, 0.1) is 0 Å². The Morgan fingerprint density at radius 3 is 1.43 bits per heavy atom. The first-order valence-corrected chi connectivity index (χ1v) is 9.46. The molecular weight excluding hydrogens is 260 g/mol. The van der Waals surface area contributed by atoms with Gasteiger partial charge in [-0.15, -0.1) is 0 Å². The minimum atomic E-state index is -1.12. The summed E-state index contributed by atoms with van der Waals surface area (Å²) in [6.45, 7) is 6.90. The molecule has 0 aliphatic rings. The molecule has 0 aliphatic heterocycles. The van der Waals surface area contributed by atoms with Crippen molar-refractivity contribution in [1.82, 2.24) is 0 Å². The minimum absolute atomic E-state index is 0.534. The van der Waals surface area contributed by atoms with Crippen LogP contribution >= 0.6 is 0 Å². The molecule has 0 aromatic heterocycles. The van der Waals surface area contributed by atoms with E-state index in [1.807, 2.05) is 0 Å². The van der Waals surface area contributed by atoms with E-state index in [1.165, 1.54) is 70.6 Å². The van der Waals surface area contributed by atoms with Crippen LogP contribution in [0.5, 0.6) is 0 Å². The Kier molecular flexibility index (Phi) is 13.5. The minimum Gasteiger partial charge on any atom is -0.368 e. The molecule has 0 bridgehead atoms. The molecule has 128 valence electrons. The molecule has 0 unspecified atom stereocenters. The van der Waals surface area contributed by atoms with Crippen molar-refractivity contribution in [3.05, 3.63) is 0 Å². The Morgan fingerprint density at radius 1 is 0.619 bits per heavy atom. The maximum Gasteiger partial charge on any atom is 0.151 e. The third-order valence-corrected chi connectivity index (χ3v) is 4.85. The van der Waals surface area contributed by atoms with Crippen molar-refractivity contribution in [3.63, 3.8) is 0 Å². The fraction of sp³-hybridized carbons (Fsp3) is 1.00. The highest BCUT2D eigenvalue weighted by Gasteiger charge is 2.27. The van der Waals surface area contributed by atoms with Crippen LogP contribution in [0.3, 0.4) is 0 Å². The average molecular weight is 301 g/mol. The molecule has 0 spiro atoms. The zero-order valence-electron chi connectivity index (χ0n) is 14.9. The largest absolute Gasteiger partial charge is 0.368 e. The lowest BCUT2D eigenvalue weighted by molar-refractivity contribution is -0.0467. The van der Waals surface area contributed by atoms with Crippen molar-refractivity contribution in [3.8, 4) is 0 Å². The number of rotatable bonds is 15. The van der Waals surface area contributed by atoms with Crippen LogP contribution in [0.25, 0.3) is 0 Å². The fourth-order valence-corrected chi connectivity index (χ4v) is 3.41. The van der Waals surface area contributed by atoms with Gasteiger partial charge in [-0.1, -0.05) is 72.1 Å². The van der Waals surface area contributed by atoms with Crippen molar-refractivity contribution in [2.24, 2.45) is 5.41 Å². The Balaban J connectivity index is 4.34. The van der Waals surface area contributed by atoms with E-state index in [-0.39, 0.29) is 0 Å². The molecule has 2 heteroatoms. The van der Waals surface area contributed by atoms with Crippen LogP contribution in [0.1, 0.15) is 111 Å². The molecule has 0 aromatic carbocycles. The number of hydrogen-bond donors (Lipinski definition) is 2. The number of unbranched alkanes of at least 4 members (excludes halogenated alkanes) is 5. The van der Waals surface area contributed by atoms with Crippen LogP contribution in [-0.2, 0) is 0 Å². The van der Waals surface area contributed by atoms with Crippen molar-refractivity contribution in [2.75, 3.05) is 0 Å². The van der Waals surface area contributed by atoms with Crippen LogP contribution in [0, 0.1) is 5.41 Å². The van der Waals surface area contributed by atoms with Gasteiger partial charge in [-0.2, -0.15) is 0 Å². The Hall–Kier alpha value is -0.0800. The molecule has 0 saturated heterocycles. The second-order valence-corrected chi connectivity index (χ2v) is 6.89. The predicted octanol–water partition coefficient (Wildman–Crippen LogP) is 5.80. The third kappa shape index (κ3) is 11.2. The molecule has 0 amide bonds. The molecule has 21 heavy (non-hydrogen) atoms. The Bertz CT molecular complexity index is 192. The first-order chi connectivity index (χ1) is 10.1. The van der Waals surface area contributed by atoms with Gasteiger partial charge in [0.2, 0.25) is 0 Å². The van der Waals surface area contributed by atoms with E-state index in [0.717, 1.165) is 12.8 Å². The van der Waals surface area contributed by atoms with Gasteiger partial charge < -0.3 is 10.2 Å². The molecule has 0 atom stereocenters. The van der Waals surface area contributed by atoms with Gasteiger partial charge in [0.15, 0.2) is 6.29 Å². The monoisotopic (exact) mass is 300 g/mol. The molecule has 0 rings (SSSR count). The number of aliphatic hydroxyl groups excluding tert-OH is 1. The topological polar surface area (TPSA) is 40.5 Å². The molecule has 0 fully saturated rings. The molecular formula is C19H40O2. The van der Waals surface area contributed by atoms with Gasteiger partial charge in [-0.25, -0.2) is 0 Å². The third-order valence-electron chi connectivity index (χ3n) is 4.85. The SMILES string of the molecule is CCCCC(CCCC)(CCCC)CCCCCC(O)O. The first kappa shape index (κ1) is 20.9. The highest BCUT2D eigenvalue weighted by Crippen LogP contribution is 2.41. The molecule has 2 nitrogen and oxygen atoms in total. The Morgan fingerprint density at radius 2 is 1.05 bits per heavy atom. The standard InChI is InChI=1S/C19H40O2/c1-4-7-14-19(15-8-5-2,16-9-6-3)17-12-10-11-13-18(20)21/h18,20-21H,4-17H2,1-3H3. The lowest BCUT2D eigenvalue weighted by atomic mass is 9.71. The molecule has 0 heterocycles. The zero-order chi connectivity index (χ0) is 16.0. The van der Waals surface area contributed by atoms with E-state index < -0.39 is 6.29 Å². The van der Waals surface area contributed by atoms with Crippen molar-refractivity contribution >= 4 is 0 Å². The molecule has 2 N–H and O–H groups in total. The second-order valence-electron chi connectivity index (χ2n) is 6.89. The summed E-state index contributed by atoms with van der Waals surface area (Å²) in [6.07, 6.45) is 16.3. The lowest BCUT2D eigenvalue weighted by Gasteiger charge is -2.35. The maximum atomic E-state index is 8.92. The average Bonchev–Trinajstić information content (AvgIpc) is 2.47. The lowest BCUT2D eigenvalue weighted by Crippen LogP contribution is -2.21. The van der Waals surface area contributed by atoms with E-state index in [9.17, 15) is 0 Å². The molecule has 0 aliphatic carbocycles. The van der Waals surface area contributed by atoms with Crippen molar-refractivity contribution in [1.29, 1.82) is 0 Å². The quantitative estimate of drug-likeness (QED) is 0.296. The fourth-order valence-electron chi connectivity index (χ4n) is 3.41. The summed E-state index contributed by atoms with van der Waals surface area (Å²) in [5, 5.41) is 17.8. The van der Waals surface area contributed by atoms with Gasteiger partial charge in [0.1, 0.15) is 0 Å². The van der Waals surface area contributed by atoms with E-state index in [1.54, 1.807) is 0 Å². The molecule has 0 saturated carbocycles. The summed E-state index contributed by atoms with van der Waals surface area (Å²) in [6, 6.07) is 0. The second kappa shape index (κ2) is 13.6. The first-order valence-electron chi connectivity index (χ1n) is 9.46. The summed E-state index contributed by atoms with van der Waals surface area (Å²) in [4.78, 5) is 0.